The van der Waals surface area contributed by atoms with E-state index in [-0.39, 0.29) is 11.9 Å². The summed E-state index contributed by atoms with van der Waals surface area (Å²) >= 11 is 0. The van der Waals surface area contributed by atoms with E-state index in [1.54, 1.807) is 12.1 Å². The van der Waals surface area contributed by atoms with Gasteiger partial charge in [-0.05, 0) is 54.5 Å². The molecule has 0 aromatic heterocycles. The lowest BCUT2D eigenvalue weighted by Gasteiger charge is -2.14. The van der Waals surface area contributed by atoms with Gasteiger partial charge in [-0.2, -0.15) is 0 Å². The maximum absolute atomic E-state index is 13.2. The van der Waals surface area contributed by atoms with Gasteiger partial charge in [0, 0.05) is 12.6 Å². The zero-order chi connectivity index (χ0) is 13.9. The van der Waals surface area contributed by atoms with Crippen LogP contribution < -0.4 is 5.32 Å². The van der Waals surface area contributed by atoms with Crippen molar-refractivity contribution < 1.29 is 4.39 Å². The third-order valence-electron chi connectivity index (χ3n) is 3.99. The van der Waals surface area contributed by atoms with E-state index in [4.69, 9.17) is 0 Å². The molecule has 1 fully saturated rings. The fourth-order valence-corrected chi connectivity index (χ4v) is 2.49. The van der Waals surface area contributed by atoms with Crippen LogP contribution in [0.5, 0.6) is 0 Å². The SMILES string of the molecule is C[C@H](NCc1ccc(C2CC2)cc1)c1cccc(F)c1. The molecule has 0 radical (unpaired) electrons. The van der Waals surface area contributed by atoms with Crippen molar-refractivity contribution in [2.24, 2.45) is 0 Å². The molecule has 1 atom stereocenters. The average molecular weight is 269 g/mol. The Hall–Kier alpha value is -1.67. The zero-order valence-corrected chi connectivity index (χ0v) is 11.8. The molecule has 0 bridgehead atoms. The molecule has 2 aromatic carbocycles. The summed E-state index contributed by atoms with van der Waals surface area (Å²) in [6.07, 6.45) is 2.68. The predicted molar refractivity (Wildman–Crippen MR) is 80.1 cm³/mol. The summed E-state index contributed by atoms with van der Waals surface area (Å²) in [7, 11) is 0. The normalized spacial score (nSPS) is 16.1. The second-order valence-corrected chi connectivity index (χ2v) is 5.67. The summed E-state index contributed by atoms with van der Waals surface area (Å²) < 4.78 is 13.2. The number of nitrogens with one attached hydrogen (secondary N) is 1. The molecule has 20 heavy (non-hydrogen) atoms. The van der Waals surface area contributed by atoms with Gasteiger partial charge in [-0.3, -0.25) is 0 Å². The highest BCUT2D eigenvalue weighted by molar-refractivity contribution is 5.28. The van der Waals surface area contributed by atoms with Crippen molar-refractivity contribution in [1.29, 1.82) is 0 Å². The van der Waals surface area contributed by atoms with Crippen molar-refractivity contribution in [1.82, 2.24) is 5.32 Å². The summed E-state index contributed by atoms with van der Waals surface area (Å²) in [6.45, 7) is 2.87. The van der Waals surface area contributed by atoms with Crippen molar-refractivity contribution in [2.75, 3.05) is 0 Å². The highest BCUT2D eigenvalue weighted by atomic mass is 19.1. The van der Waals surface area contributed by atoms with Gasteiger partial charge >= 0.3 is 0 Å². The molecule has 1 saturated carbocycles. The summed E-state index contributed by atoms with van der Waals surface area (Å²) in [6, 6.07) is 15.8. The Balaban J connectivity index is 1.58. The molecule has 0 aliphatic heterocycles. The summed E-state index contributed by atoms with van der Waals surface area (Å²) in [5, 5.41) is 3.44. The third kappa shape index (κ3) is 3.26. The maximum Gasteiger partial charge on any atom is 0.123 e. The Kier molecular flexibility index (Phi) is 3.83. The third-order valence-corrected chi connectivity index (χ3v) is 3.99. The van der Waals surface area contributed by atoms with Gasteiger partial charge in [-0.1, -0.05) is 36.4 Å². The Bertz CT molecular complexity index is 572. The van der Waals surface area contributed by atoms with Crippen molar-refractivity contribution >= 4 is 0 Å². The van der Waals surface area contributed by atoms with Crippen LogP contribution >= 0.6 is 0 Å². The van der Waals surface area contributed by atoms with Crippen LogP contribution in [0.25, 0.3) is 0 Å². The lowest BCUT2D eigenvalue weighted by Crippen LogP contribution is -2.18. The number of hydrogen-bond acceptors (Lipinski definition) is 1. The van der Waals surface area contributed by atoms with Crippen molar-refractivity contribution in [2.45, 2.75) is 38.3 Å². The van der Waals surface area contributed by atoms with Crippen LogP contribution in [-0.2, 0) is 6.54 Å². The van der Waals surface area contributed by atoms with Gasteiger partial charge in [0.25, 0.3) is 0 Å². The number of halogens is 1. The van der Waals surface area contributed by atoms with Crippen LogP contribution in [0.3, 0.4) is 0 Å². The molecule has 1 aliphatic rings. The van der Waals surface area contributed by atoms with Crippen LogP contribution in [0, 0.1) is 5.82 Å². The maximum atomic E-state index is 13.2. The molecule has 0 spiro atoms. The fraction of sp³-hybridized carbons (Fsp3) is 0.333. The lowest BCUT2D eigenvalue weighted by molar-refractivity contribution is 0.565. The van der Waals surface area contributed by atoms with E-state index in [1.165, 1.54) is 30.0 Å². The smallest absolute Gasteiger partial charge is 0.123 e. The van der Waals surface area contributed by atoms with E-state index in [9.17, 15) is 4.39 Å². The van der Waals surface area contributed by atoms with Crippen LogP contribution in [0.1, 0.15) is 48.4 Å². The van der Waals surface area contributed by atoms with E-state index in [0.29, 0.717) is 0 Å². The van der Waals surface area contributed by atoms with Crippen LogP contribution in [0.15, 0.2) is 48.5 Å². The summed E-state index contributed by atoms with van der Waals surface area (Å²) in [5.74, 6) is 0.633. The zero-order valence-electron chi connectivity index (χ0n) is 11.8. The fourth-order valence-electron chi connectivity index (χ4n) is 2.49. The molecule has 0 heterocycles. The Labute approximate surface area is 119 Å². The van der Waals surface area contributed by atoms with E-state index >= 15 is 0 Å². The highest BCUT2D eigenvalue weighted by Gasteiger charge is 2.22. The van der Waals surface area contributed by atoms with E-state index in [2.05, 4.69) is 36.5 Å². The molecular weight excluding hydrogens is 249 g/mol. The van der Waals surface area contributed by atoms with E-state index < -0.39 is 0 Å². The van der Waals surface area contributed by atoms with Crippen molar-refractivity contribution in [3.8, 4) is 0 Å². The molecule has 1 nitrogen and oxygen atoms in total. The molecule has 0 amide bonds. The molecule has 104 valence electrons. The molecule has 3 rings (SSSR count). The highest BCUT2D eigenvalue weighted by Crippen LogP contribution is 2.39. The predicted octanol–water partition coefficient (Wildman–Crippen LogP) is 4.55. The second-order valence-electron chi connectivity index (χ2n) is 5.67. The second kappa shape index (κ2) is 5.76. The largest absolute Gasteiger partial charge is 0.306 e. The number of rotatable bonds is 5. The minimum atomic E-state index is -0.176. The molecule has 2 heteroatoms. The molecule has 1 aliphatic carbocycles. The minimum Gasteiger partial charge on any atom is -0.306 e. The first kappa shape index (κ1) is 13.3. The van der Waals surface area contributed by atoms with Crippen molar-refractivity contribution in [3.63, 3.8) is 0 Å². The van der Waals surface area contributed by atoms with Gasteiger partial charge in [-0.15, -0.1) is 0 Å². The molecular formula is C18H20FN. The van der Waals surface area contributed by atoms with Gasteiger partial charge in [0.05, 0.1) is 0 Å². The first-order valence-corrected chi connectivity index (χ1v) is 7.30. The molecule has 2 aromatic rings. The standard InChI is InChI=1S/C18H20FN/c1-13(17-3-2-4-18(19)11-17)20-12-14-5-7-15(8-6-14)16-9-10-16/h2-8,11,13,16,20H,9-10,12H2,1H3/t13-/m0/s1. The lowest BCUT2D eigenvalue weighted by atomic mass is 10.1. The van der Waals surface area contributed by atoms with Gasteiger partial charge in [0.2, 0.25) is 0 Å². The average Bonchev–Trinajstić information content (AvgIpc) is 3.30. The Morgan fingerprint density at radius 2 is 1.90 bits per heavy atom. The van der Waals surface area contributed by atoms with Gasteiger partial charge < -0.3 is 5.32 Å². The first-order valence-electron chi connectivity index (χ1n) is 7.30. The minimum absolute atomic E-state index is 0.147. The summed E-state index contributed by atoms with van der Waals surface area (Å²) in [4.78, 5) is 0. The van der Waals surface area contributed by atoms with Gasteiger partial charge in [0.15, 0.2) is 0 Å². The van der Waals surface area contributed by atoms with Gasteiger partial charge in [0.1, 0.15) is 5.82 Å². The van der Waals surface area contributed by atoms with Gasteiger partial charge in [-0.25, -0.2) is 4.39 Å². The van der Waals surface area contributed by atoms with Crippen LogP contribution in [-0.4, -0.2) is 0 Å². The Morgan fingerprint density at radius 3 is 2.55 bits per heavy atom. The van der Waals surface area contributed by atoms with Crippen molar-refractivity contribution in [3.05, 3.63) is 71.0 Å². The Morgan fingerprint density at radius 1 is 1.15 bits per heavy atom. The van der Waals surface area contributed by atoms with Crippen LogP contribution in [0.4, 0.5) is 4.39 Å². The van der Waals surface area contributed by atoms with Crippen LogP contribution in [0.2, 0.25) is 0 Å². The molecule has 0 unspecified atom stereocenters. The first-order chi connectivity index (χ1) is 9.72. The van der Waals surface area contributed by atoms with E-state index in [1.807, 2.05) is 6.07 Å². The topological polar surface area (TPSA) is 12.0 Å². The monoisotopic (exact) mass is 269 g/mol. The number of hydrogen-bond donors (Lipinski definition) is 1. The molecule has 0 saturated heterocycles. The number of benzene rings is 2. The quantitative estimate of drug-likeness (QED) is 0.839. The summed E-state index contributed by atoms with van der Waals surface area (Å²) in [5.41, 5.74) is 3.73. The van der Waals surface area contributed by atoms with E-state index in [0.717, 1.165) is 18.0 Å². The molecule has 1 N–H and O–H groups in total.